The summed E-state index contributed by atoms with van der Waals surface area (Å²) in [7, 11) is 0. The Morgan fingerprint density at radius 3 is 2.64 bits per heavy atom. The van der Waals surface area contributed by atoms with Crippen molar-refractivity contribution >= 4 is 35.0 Å². The fourth-order valence-electron chi connectivity index (χ4n) is 5.14. The Morgan fingerprint density at radius 2 is 1.94 bits per heavy atom. The van der Waals surface area contributed by atoms with E-state index in [0.29, 0.717) is 22.6 Å². The van der Waals surface area contributed by atoms with Gasteiger partial charge < -0.3 is 20.4 Å². The molecule has 0 bridgehead atoms. The first-order valence-electron chi connectivity index (χ1n) is 12.3. The molecule has 0 spiro atoms. The molecule has 6 nitrogen and oxygen atoms in total. The first-order chi connectivity index (χ1) is 16.0. The van der Waals surface area contributed by atoms with Gasteiger partial charge >= 0.3 is 0 Å². The predicted molar refractivity (Wildman–Crippen MR) is 139 cm³/mol. The van der Waals surface area contributed by atoms with Crippen LogP contribution in [0.2, 0.25) is 10.0 Å². The van der Waals surface area contributed by atoms with Gasteiger partial charge in [-0.25, -0.2) is 4.98 Å². The second-order valence-corrected chi connectivity index (χ2v) is 9.94. The molecule has 1 aromatic heterocycles. The molecule has 0 radical (unpaired) electrons. The summed E-state index contributed by atoms with van der Waals surface area (Å²) in [6.07, 6.45) is 3.29. The molecule has 180 valence electrons. The van der Waals surface area contributed by atoms with Gasteiger partial charge in [0.15, 0.2) is 0 Å². The van der Waals surface area contributed by atoms with Crippen molar-refractivity contribution in [1.82, 2.24) is 20.2 Å². The highest BCUT2D eigenvalue weighted by atomic mass is 35.5. The highest BCUT2D eigenvalue weighted by Gasteiger charge is 2.28. The van der Waals surface area contributed by atoms with Crippen LogP contribution in [0.5, 0.6) is 0 Å². The van der Waals surface area contributed by atoms with Gasteiger partial charge in [-0.05, 0) is 56.5 Å². The Hall–Kier alpha value is -1.60. The Kier molecular flexibility index (Phi) is 8.34. The number of aromatic nitrogens is 2. The van der Waals surface area contributed by atoms with Crippen molar-refractivity contribution in [2.24, 2.45) is 5.92 Å². The smallest absolute Gasteiger partial charge is 0.227 e. The lowest BCUT2D eigenvalue weighted by Gasteiger charge is -2.39. The number of hydrogen-bond acceptors (Lipinski definition) is 6. The molecule has 8 heteroatoms. The quantitative estimate of drug-likeness (QED) is 0.543. The number of nitrogens with one attached hydrogen (secondary N) is 2. The standard InChI is InChI=1S/C25H36Cl2N6/c1-4-32(5-2)17(3)18-9-12-33(13-10-18)25-30-23-8-11-28-16-21(23)24(31-25)29-15-19-6-7-20(26)14-22(19)27/h6-7,14,17-18,28H,4-5,8-13,15-16H2,1-3H3,(H,29,30,31). The summed E-state index contributed by atoms with van der Waals surface area (Å²) in [4.78, 5) is 14.9. The van der Waals surface area contributed by atoms with Gasteiger partial charge in [0, 0.05) is 60.8 Å². The number of hydrogen-bond donors (Lipinski definition) is 2. The van der Waals surface area contributed by atoms with Crippen LogP contribution in [-0.2, 0) is 19.5 Å². The zero-order valence-corrected chi connectivity index (χ0v) is 21.5. The highest BCUT2D eigenvalue weighted by molar-refractivity contribution is 6.35. The summed E-state index contributed by atoms with van der Waals surface area (Å²) in [5, 5.41) is 8.30. The van der Waals surface area contributed by atoms with Crippen molar-refractivity contribution in [2.75, 3.05) is 42.9 Å². The minimum absolute atomic E-state index is 0.600. The summed E-state index contributed by atoms with van der Waals surface area (Å²) in [5.41, 5.74) is 3.33. The third-order valence-corrected chi connectivity index (χ3v) is 7.86. The van der Waals surface area contributed by atoms with Crippen LogP contribution >= 0.6 is 23.2 Å². The highest BCUT2D eigenvalue weighted by Crippen LogP contribution is 2.29. The summed E-state index contributed by atoms with van der Waals surface area (Å²) < 4.78 is 0. The van der Waals surface area contributed by atoms with E-state index in [1.165, 1.54) is 18.4 Å². The Bertz CT molecular complexity index is 941. The van der Waals surface area contributed by atoms with E-state index in [1.54, 1.807) is 6.07 Å². The van der Waals surface area contributed by atoms with Crippen molar-refractivity contribution in [1.29, 1.82) is 0 Å². The Morgan fingerprint density at radius 1 is 1.18 bits per heavy atom. The minimum atomic E-state index is 0.600. The third kappa shape index (κ3) is 5.73. The molecule has 1 unspecified atom stereocenters. The Labute approximate surface area is 208 Å². The lowest BCUT2D eigenvalue weighted by Crippen LogP contribution is -2.44. The van der Waals surface area contributed by atoms with Crippen molar-refractivity contribution in [3.8, 4) is 0 Å². The lowest BCUT2D eigenvalue weighted by atomic mass is 9.89. The number of rotatable bonds is 8. The molecule has 1 atom stereocenters. The molecular formula is C25H36Cl2N6. The maximum atomic E-state index is 6.39. The number of anilines is 2. The second-order valence-electron chi connectivity index (χ2n) is 9.10. The van der Waals surface area contributed by atoms with Crippen molar-refractivity contribution in [3.63, 3.8) is 0 Å². The Balaban J connectivity index is 1.49. The van der Waals surface area contributed by atoms with E-state index in [1.807, 2.05) is 12.1 Å². The molecule has 33 heavy (non-hydrogen) atoms. The third-order valence-electron chi connectivity index (χ3n) is 7.28. The molecule has 1 fully saturated rings. The van der Waals surface area contributed by atoms with Crippen LogP contribution in [-0.4, -0.2) is 53.6 Å². The van der Waals surface area contributed by atoms with E-state index in [0.717, 1.165) is 74.6 Å². The maximum Gasteiger partial charge on any atom is 0.227 e. The van der Waals surface area contributed by atoms with Crippen molar-refractivity contribution < 1.29 is 0 Å². The van der Waals surface area contributed by atoms with Crippen LogP contribution in [0.4, 0.5) is 11.8 Å². The summed E-state index contributed by atoms with van der Waals surface area (Å²) in [6, 6.07) is 6.24. The fourth-order valence-corrected chi connectivity index (χ4v) is 5.62. The van der Waals surface area contributed by atoms with Gasteiger partial charge in [-0.1, -0.05) is 43.1 Å². The van der Waals surface area contributed by atoms with Gasteiger partial charge in [-0.2, -0.15) is 4.98 Å². The predicted octanol–water partition coefficient (Wildman–Crippen LogP) is 4.99. The molecule has 2 aliphatic heterocycles. The van der Waals surface area contributed by atoms with Gasteiger partial charge in [0.25, 0.3) is 0 Å². The number of nitrogens with zero attached hydrogens (tertiary/aromatic N) is 4. The zero-order chi connectivity index (χ0) is 23.4. The van der Waals surface area contributed by atoms with Gasteiger partial charge in [0.2, 0.25) is 5.95 Å². The molecule has 2 N–H and O–H groups in total. The van der Waals surface area contributed by atoms with Crippen LogP contribution in [0.15, 0.2) is 18.2 Å². The molecule has 0 saturated carbocycles. The molecule has 2 aliphatic rings. The molecule has 4 rings (SSSR count). The summed E-state index contributed by atoms with van der Waals surface area (Å²) >= 11 is 12.5. The van der Waals surface area contributed by atoms with Crippen LogP contribution in [0.1, 0.15) is 50.4 Å². The van der Waals surface area contributed by atoms with E-state index in [4.69, 9.17) is 33.2 Å². The lowest BCUT2D eigenvalue weighted by molar-refractivity contribution is 0.151. The topological polar surface area (TPSA) is 56.3 Å². The number of piperidine rings is 1. The average Bonchev–Trinajstić information content (AvgIpc) is 2.84. The van der Waals surface area contributed by atoms with Gasteiger partial charge in [0.05, 0.1) is 5.69 Å². The summed E-state index contributed by atoms with van der Waals surface area (Å²) in [6.45, 7) is 13.5. The second kappa shape index (κ2) is 11.2. The van der Waals surface area contributed by atoms with Crippen molar-refractivity contribution in [2.45, 2.75) is 59.2 Å². The van der Waals surface area contributed by atoms with Gasteiger partial charge in [-0.3, -0.25) is 0 Å². The number of benzene rings is 1. The van der Waals surface area contributed by atoms with E-state index in [2.05, 4.69) is 41.2 Å². The minimum Gasteiger partial charge on any atom is -0.365 e. The first-order valence-corrected chi connectivity index (χ1v) is 13.0. The first kappa shape index (κ1) is 24.5. The molecule has 3 heterocycles. The van der Waals surface area contributed by atoms with Gasteiger partial charge in [0.1, 0.15) is 5.82 Å². The molecule has 1 aromatic carbocycles. The van der Waals surface area contributed by atoms with Crippen LogP contribution in [0, 0.1) is 5.92 Å². The monoisotopic (exact) mass is 490 g/mol. The molecule has 0 aliphatic carbocycles. The largest absolute Gasteiger partial charge is 0.365 e. The van der Waals surface area contributed by atoms with Crippen LogP contribution in [0.25, 0.3) is 0 Å². The van der Waals surface area contributed by atoms with E-state index < -0.39 is 0 Å². The van der Waals surface area contributed by atoms with Crippen molar-refractivity contribution in [3.05, 3.63) is 45.1 Å². The van der Waals surface area contributed by atoms with E-state index in [9.17, 15) is 0 Å². The maximum absolute atomic E-state index is 6.39. The molecule has 0 amide bonds. The SMILES string of the molecule is CCN(CC)C(C)C1CCN(c2nc3c(c(NCc4ccc(Cl)cc4Cl)n2)CNCC3)CC1. The normalized spacial score (nSPS) is 17.8. The number of halogens is 2. The molecule has 1 saturated heterocycles. The zero-order valence-electron chi connectivity index (χ0n) is 20.0. The van der Waals surface area contributed by atoms with Gasteiger partial charge in [-0.15, -0.1) is 0 Å². The van der Waals surface area contributed by atoms with E-state index >= 15 is 0 Å². The summed E-state index contributed by atoms with van der Waals surface area (Å²) in [5.74, 6) is 2.49. The van der Waals surface area contributed by atoms with Crippen LogP contribution in [0.3, 0.4) is 0 Å². The number of fused-ring (bicyclic) bond motifs is 1. The molecule has 2 aromatic rings. The molecular weight excluding hydrogens is 455 g/mol. The van der Waals surface area contributed by atoms with E-state index in [-0.39, 0.29) is 0 Å². The average molecular weight is 492 g/mol. The fraction of sp³-hybridized carbons (Fsp3) is 0.600. The van der Waals surface area contributed by atoms with Crippen LogP contribution < -0.4 is 15.5 Å².